The zero-order valence-corrected chi connectivity index (χ0v) is 13.6. The van der Waals surface area contributed by atoms with Crippen molar-refractivity contribution in [3.05, 3.63) is 17.7 Å². The molecular weight excluding hydrogens is 332 g/mol. The number of carbonyl (C=O) groups excluding carboxylic acids is 2. The Morgan fingerprint density at radius 1 is 1.28 bits per heavy atom. The molecule has 2 heterocycles. The van der Waals surface area contributed by atoms with Gasteiger partial charge in [0.2, 0.25) is 6.79 Å². The Balaban J connectivity index is 1.80. The molecule has 1 unspecified atom stereocenters. The van der Waals surface area contributed by atoms with E-state index in [0.29, 0.717) is 30.9 Å². The van der Waals surface area contributed by atoms with Crippen LogP contribution in [0.2, 0.25) is 0 Å². The Morgan fingerprint density at radius 2 is 2.00 bits per heavy atom. The predicted octanol–water partition coefficient (Wildman–Crippen LogP) is 1.53. The Kier molecular flexibility index (Phi) is 4.64. The number of nitrogens with zero attached hydrogens (tertiary/aromatic N) is 1. The Morgan fingerprint density at radius 3 is 2.68 bits per heavy atom. The lowest BCUT2D eigenvalue weighted by molar-refractivity contribution is -0.143. The minimum Gasteiger partial charge on any atom is -0.481 e. The van der Waals surface area contributed by atoms with Gasteiger partial charge in [-0.1, -0.05) is 0 Å². The average molecular weight is 350 g/mol. The number of rotatable bonds is 3. The van der Waals surface area contributed by atoms with E-state index in [1.54, 1.807) is 0 Å². The number of carbonyl (C=O) groups is 3. The van der Waals surface area contributed by atoms with Crippen molar-refractivity contribution in [2.75, 3.05) is 32.3 Å². The Hall–Kier alpha value is -2.97. The molecule has 1 aromatic rings. The first-order chi connectivity index (χ1) is 12.0. The number of esters is 1. The molecule has 1 aromatic carbocycles. The number of likely N-dealkylation sites (tertiary alicyclic amines) is 1. The van der Waals surface area contributed by atoms with E-state index in [1.807, 2.05) is 0 Å². The van der Waals surface area contributed by atoms with E-state index in [4.69, 9.17) is 19.3 Å². The number of carboxylic acid groups (broad SMARTS) is 1. The van der Waals surface area contributed by atoms with E-state index in [2.05, 4.69) is 5.32 Å². The van der Waals surface area contributed by atoms with Gasteiger partial charge in [0.05, 0.1) is 24.3 Å². The summed E-state index contributed by atoms with van der Waals surface area (Å²) in [6.45, 7) is 0.604. The molecule has 0 aromatic heterocycles. The smallest absolute Gasteiger partial charge is 0.340 e. The van der Waals surface area contributed by atoms with Crippen molar-refractivity contribution in [1.29, 1.82) is 0 Å². The second-order valence-electron chi connectivity index (χ2n) is 5.80. The van der Waals surface area contributed by atoms with Gasteiger partial charge in [-0.05, 0) is 12.8 Å². The molecule has 9 heteroatoms. The van der Waals surface area contributed by atoms with Gasteiger partial charge in [-0.2, -0.15) is 0 Å². The van der Waals surface area contributed by atoms with E-state index in [1.165, 1.54) is 24.1 Å². The second-order valence-corrected chi connectivity index (χ2v) is 5.80. The zero-order valence-electron chi connectivity index (χ0n) is 13.6. The van der Waals surface area contributed by atoms with Crippen molar-refractivity contribution in [2.45, 2.75) is 12.8 Å². The number of urea groups is 1. The van der Waals surface area contributed by atoms with Crippen LogP contribution in [0.4, 0.5) is 10.5 Å². The first-order valence-corrected chi connectivity index (χ1v) is 7.80. The lowest BCUT2D eigenvalue weighted by Crippen LogP contribution is -2.44. The molecule has 25 heavy (non-hydrogen) atoms. The first kappa shape index (κ1) is 16.9. The zero-order chi connectivity index (χ0) is 18.0. The normalized spacial score (nSPS) is 18.6. The highest BCUT2D eigenvalue weighted by molar-refractivity contribution is 6.02. The summed E-state index contributed by atoms with van der Waals surface area (Å²) in [5, 5.41) is 11.8. The molecule has 1 atom stereocenters. The second kappa shape index (κ2) is 6.88. The first-order valence-electron chi connectivity index (χ1n) is 7.80. The largest absolute Gasteiger partial charge is 0.481 e. The maximum atomic E-state index is 12.5. The summed E-state index contributed by atoms with van der Waals surface area (Å²) in [6, 6.07) is 2.46. The highest BCUT2D eigenvalue weighted by Crippen LogP contribution is 2.37. The van der Waals surface area contributed by atoms with Crippen LogP contribution in [0.15, 0.2) is 12.1 Å². The van der Waals surface area contributed by atoms with E-state index in [9.17, 15) is 14.4 Å². The number of carboxylic acids is 1. The van der Waals surface area contributed by atoms with Gasteiger partial charge >= 0.3 is 18.0 Å². The lowest BCUT2D eigenvalue weighted by atomic mass is 9.99. The molecule has 2 aliphatic heterocycles. The minimum absolute atomic E-state index is 0.0275. The number of fused-ring (bicyclic) bond motifs is 1. The molecule has 0 radical (unpaired) electrons. The van der Waals surface area contributed by atoms with Gasteiger partial charge in [-0.25, -0.2) is 9.59 Å². The van der Waals surface area contributed by atoms with Crippen LogP contribution in [-0.2, 0) is 9.53 Å². The van der Waals surface area contributed by atoms with Gasteiger partial charge in [0, 0.05) is 25.2 Å². The summed E-state index contributed by atoms with van der Waals surface area (Å²) in [7, 11) is 1.24. The van der Waals surface area contributed by atoms with Crippen molar-refractivity contribution in [1.82, 2.24) is 4.90 Å². The summed E-state index contributed by atoms with van der Waals surface area (Å²) in [6.07, 6.45) is 1.14. The molecule has 0 spiro atoms. The molecule has 1 saturated heterocycles. The molecule has 2 amide bonds. The van der Waals surface area contributed by atoms with Crippen molar-refractivity contribution >= 4 is 23.7 Å². The highest BCUT2D eigenvalue weighted by atomic mass is 16.7. The number of piperidine rings is 1. The minimum atomic E-state index is -0.921. The van der Waals surface area contributed by atoms with Gasteiger partial charge in [0.25, 0.3) is 0 Å². The molecule has 0 saturated carbocycles. The fourth-order valence-corrected chi connectivity index (χ4v) is 2.88. The quantitative estimate of drug-likeness (QED) is 0.795. The van der Waals surface area contributed by atoms with Crippen molar-refractivity contribution in [3.8, 4) is 11.5 Å². The number of hydrogen-bond donors (Lipinski definition) is 2. The third-order valence-electron chi connectivity index (χ3n) is 4.22. The number of hydrogen-bond acceptors (Lipinski definition) is 6. The van der Waals surface area contributed by atoms with Gasteiger partial charge in [-0.15, -0.1) is 0 Å². The van der Waals surface area contributed by atoms with Crippen LogP contribution in [0.5, 0.6) is 11.5 Å². The summed E-state index contributed by atoms with van der Waals surface area (Å²) in [5.74, 6) is -1.34. The van der Waals surface area contributed by atoms with Crippen molar-refractivity contribution in [2.24, 2.45) is 5.92 Å². The molecule has 2 N–H and O–H groups in total. The highest BCUT2D eigenvalue weighted by Gasteiger charge is 2.29. The molecule has 1 fully saturated rings. The van der Waals surface area contributed by atoms with Crippen molar-refractivity contribution < 1.29 is 33.7 Å². The maximum absolute atomic E-state index is 12.5. The lowest BCUT2D eigenvalue weighted by Gasteiger charge is -2.30. The Labute approximate surface area is 143 Å². The number of methoxy groups -OCH3 is 1. The number of aliphatic carboxylic acids is 1. The summed E-state index contributed by atoms with van der Waals surface area (Å²) >= 11 is 0. The molecule has 9 nitrogen and oxygen atoms in total. The van der Waals surface area contributed by atoms with Crippen LogP contribution in [0.1, 0.15) is 23.2 Å². The third kappa shape index (κ3) is 3.44. The average Bonchev–Trinajstić information content (AvgIpc) is 3.07. The van der Waals surface area contributed by atoms with Crippen LogP contribution in [0.25, 0.3) is 0 Å². The van der Waals surface area contributed by atoms with Crippen LogP contribution in [0, 0.1) is 5.92 Å². The fourth-order valence-electron chi connectivity index (χ4n) is 2.88. The monoisotopic (exact) mass is 350 g/mol. The fraction of sp³-hybridized carbons (Fsp3) is 0.438. The third-order valence-corrected chi connectivity index (χ3v) is 4.22. The van der Waals surface area contributed by atoms with E-state index in [0.717, 1.165) is 0 Å². The molecule has 3 rings (SSSR count). The molecule has 0 bridgehead atoms. The summed E-state index contributed by atoms with van der Waals surface area (Å²) < 4.78 is 15.2. The number of benzene rings is 1. The maximum Gasteiger partial charge on any atom is 0.340 e. The predicted molar refractivity (Wildman–Crippen MR) is 84.9 cm³/mol. The van der Waals surface area contributed by atoms with Gasteiger partial charge < -0.3 is 29.5 Å². The number of amides is 2. The topological polar surface area (TPSA) is 114 Å². The SMILES string of the molecule is COC(=O)c1cc2c(cc1NC(=O)N1CCCC(C(=O)O)C1)OCO2. The summed E-state index contributed by atoms with van der Waals surface area (Å²) in [5.41, 5.74) is 0.352. The van der Waals surface area contributed by atoms with Crippen LogP contribution in [0.3, 0.4) is 0 Å². The summed E-state index contributed by atoms with van der Waals surface area (Å²) in [4.78, 5) is 37.0. The van der Waals surface area contributed by atoms with E-state index < -0.39 is 23.9 Å². The van der Waals surface area contributed by atoms with Crippen LogP contribution >= 0.6 is 0 Å². The number of nitrogens with one attached hydrogen (secondary N) is 1. The number of ether oxygens (including phenoxy) is 3. The van der Waals surface area contributed by atoms with Gasteiger partial charge in [-0.3, -0.25) is 4.79 Å². The van der Waals surface area contributed by atoms with Crippen LogP contribution in [-0.4, -0.2) is 55.0 Å². The van der Waals surface area contributed by atoms with Crippen LogP contribution < -0.4 is 14.8 Å². The van der Waals surface area contributed by atoms with Gasteiger partial charge in [0.1, 0.15) is 0 Å². The van der Waals surface area contributed by atoms with Gasteiger partial charge in [0.15, 0.2) is 11.5 Å². The standard InChI is InChI=1S/C16H18N2O7/c1-23-15(21)10-5-12-13(25-8-24-12)6-11(10)17-16(22)18-4-2-3-9(7-18)14(19)20/h5-6,9H,2-4,7-8H2,1H3,(H,17,22)(H,19,20). The molecule has 0 aliphatic carbocycles. The van der Waals surface area contributed by atoms with Crippen molar-refractivity contribution in [3.63, 3.8) is 0 Å². The Bertz CT molecular complexity index is 719. The van der Waals surface area contributed by atoms with E-state index in [-0.39, 0.29) is 24.6 Å². The number of anilines is 1. The van der Waals surface area contributed by atoms with E-state index >= 15 is 0 Å². The molecular formula is C16H18N2O7. The molecule has 2 aliphatic rings. The molecule has 134 valence electrons.